The molecule has 4 heterocycles. The van der Waals surface area contributed by atoms with Crippen LogP contribution in [0.15, 0.2) is 42.5 Å². The zero-order valence-electron chi connectivity index (χ0n) is 22.3. The standard InChI is InChI=1S/C27H26Cl2N6O6S/c1-27(2)21(24(38)39)34-22(37)20(23(34)42-27)31-18(36)9-12-4-3-5-14(8-12)30-25(40)33-11-17-19(32-35(17)26(33)41)13-6-7-15(28)16(29)10-13/h3-8,10,17,19-21,23,32H,9,11H2,1-2H3,(H,30,40)(H,31,36)(H,38,39)/t17?,19?,20-,21+,23-/m1/s1. The molecule has 4 aliphatic heterocycles. The van der Waals surface area contributed by atoms with E-state index in [1.807, 2.05) is 6.07 Å². The Balaban J connectivity index is 1.05. The van der Waals surface area contributed by atoms with E-state index in [1.165, 1.54) is 21.7 Å². The lowest BCUT2D eigenvalue weighted by atomic mass is 9.96. The molecule has 4 fully saturated rings. The number of halogens is 2. The Bertz CT molecular complexity index is 1540. The third-order valence-corrected chi connectivity index (χ3v) is 10.2. The Morgan fingerprint density at radius 1 is 1.12 bits per heavy atom. The smallest absolute Gasteiger partial charge is 0.342 e. The van der Waals surface area contributed by atoms with E-state index in [1.54, 1.807) is 50.2 Å². The first-order valence-corrected chi connectivity index (χ1v) is 14.7. The maximum Gasteiger partial charge on any atom is 0.342 e. The number of carboxylic acid groups (broad SMARTS) is 1. The van der Waals surface area contributed by atoms with Gasteiger partial charge in [-0.3, -0.25) is 14.6 Å². The summed E-state index contributed by atoms with van der Waals surface area (Å²) in [6, 6.07) is 8.52. The minimum atomic E-state index is -1.07. The maximum atomic E-state index is 13.0. The summed E-state index contributed by atoms with van der Waals surface area (Å²) in [6.45, 7) is 3.70. The second-order valence-electron chi connectivity index (χ2n) is 11.1. The van der Waals surface area contributed by atoms with Crippen molar-refractivity contribution in [2.24, 2.45) is 0 Å². The molecular formula is C27H26Cl2N6O6S. The number of nitrogens with one attached hydrogen (secondary N) is 3. The Labute approximate surface area is 254 Å². The van der Waals surface area contributed by atoms with Gasteiger partial charge < -0.3 is 20.6 Å². The van der Waals surface area contributed by atoms with Crippen molar-refractivity contribution in [2.75, 3.05) is 11.9 Å². The normalized spacial score (nSPS) is 27.1. The van der Waals surface area contributed by atoms with Crippen LogP contribution in [0.4, 0.5) is 15.3 Å². The van der Waals surface area contributed by atoms with Gasteiger partial charge in [-0.15, -0.1) is 11.8 Å². The van der Waals surface area contributed by atoms with Gasteiger partial charge in [-0.25, -0.2) is 24.7 Å². The number of imide groups is 1. The molecule has 15 heteroatoms. The maximum absolute atomic E-state index is 13.0. The number of aliphatic carboxylic acids is 1. The Morgan fingerprint density at radius 3 is 2.60 bits per heavy atom. The number of carbonyl (C=O) groups excluding carboxylic acids is 4. The van der Waals surface area contributed by atoms with Crippen molar-refractivity contribution in [2.45, 2.75) is 54.6 Å². The van der Waals surface area contributed by atoms with Crippen LogP contribution < -0.4 is 16.1 Å². The van der Waals surface area contributed by atoms with Gasteiger partial charge in [0.15, 0.2) is 0 Å². The van der Waals surface area contributed by atoms with Crippen LogP contribution in [0.2, 0.25) is 10.0 Å². The van der Waals surface area contributed by atoms with Crippen LogP contribution in [0.3, 0.4) is 0 Å². The number of hydrogen-bond donors (Lipinski definition) is 4. The molecule has 6 amide bonds. The highest BCUT2D eigenvalue weighted by Gasteiger charge is 2.64. The van der Waals surface area contributed by atoms with Crippen LogP contribution in [0.5, 0.6) is 0 Å². The van der Waals surface area contributed by atoms with E-state index in [0.717, 1.165) is 10.5 Å². The van der Waals surface area contributed by atoms with E-state index < -0.39 is 52.1 Å². The van der Waals surface area contributed by atoms with Crippen LogP contribution in [0.1, 0.15) is 31.0 Å². The molecule has 0 aromatic heterocycles. The lowest BCUT2D eigenvalue weighted by Gasteiger charge is -2.43. The second kappa shape index (κ2) is 10.3. The topological polar surface area (TPSA) is 151 Å². The van der Waals surface area contributed by atoms with Crippen LogP contribution in [0.25, 0.3) is 0 Å². The molecule has 4 aliphatic rings. The number of carbonyl (C=O) groups is 5. The van der Waals surface area contributed by atoms with E-state index in [0.29, 0.717) is 21.3 Å². The summed E-state index contributed by atoms with van der Waals surface area (Å²) in [5.41, 5.74) is 4.87. The SMILES string of the molecule is CC1(C)S[C@@H]2[C@H](NC(=O)Cc3cccc(NC(=O)N4CC5C(c6ccc(Cl)c(Cl)c6)NN5C4=O)c3)C(=O)N2[C@H]1C(=O)O. The molecule has 0 spiro atoms. The molecule has 0 aliphatic carbocycles. The Hall–Kier alpha value is -3.52. The highest BCUT2D eigenvalue weighted by molar-refractivity contribution is 8.01. The molecule has 0 bridgehead atoms. The zero-order chi connectivity index (χ0) is 30.1. The van der Waals surface area contributed by atoms with Crippen molar-refractivity contribution in [1.29, 1.82) is 0 Å². The van der Waals surface area contributed by atoms with Gasteiger partial charge in [0.1, 0.15) is 17.5 Å². The predicted octanol–water partition coefficient (Wildman–Crippen LogP) is 3.07. The number of anilines is 1. The number of benzene rings is 2. The molecule has 0 saturated carbocycles. The average molecular weight is 634 g/mol. The molecule has 220 valence electrons. The third kappa shape index (κ3) is 4.74. The summed E-state index contributed by atoms with van der Waals surface area (Å²) >= 11 is 13.5. The average Bonchev–Trinajstić information content (AvgIpc) is 3.31. The monoisotopic (exact) mass is 632 g/mol. The van der Waals surface area contributed by atoms with Gasteiger partial charge >= 0.3 is 18.0 Å². The molecule has 12 nitrogen and oxygen atoms in total. The van der Waals surface area contributed by atoms with Gasteiger partial charge in [-0.05, 0) is 49.2 Å². The summed E-state index contributed by atoms with van der Waals surface area (Å²) in [5, 5.41) is 16.8. The second-order valence-corrected chi connectivity index (χ2v) is 13.6. The number of carboxylic acids is 1. The van der Waals surface area contributed by atoms with Gasteiger partial charge in [0.25, 0.3) is 0 Å². The van der Waals surface area contributed by atoms with Gasteiger partial charge in [0.05, 0.1) is 35.1 Å². The highest BCUT2D eigenvalue weighted by atomic mass is 35.5. The first-order chi connectivity index (χ1) is 19.9. The summed E-state index contributed by atoms with van der Waals surface area (Å²) < 4.78 is -0.689. The lowest BCUT2D eigenvalue weighted by Crippen LogP contribution is -2.70. The molecule has 5 atom stereocenters. The van der Waals surface area contributed by atoms with Gasteiger partial charge in [0, 0.05) is 10.4 Å². The molecular weight excluding hydrogens is 607 g/mol. The molecule has 4 saturated heterocycles. The van der Waals surface area contributed by atoms with E-state index in [4.69, 9.17) is 23.2 Å². The van der Waals surface area contributed by atoms with Crippen molar-refractivity contribution in [3.8, 4) is 0 Å². The number of hydrogen-bond acceptors (Lipinski definition) is 7. The first kappa shape index (κ1) is 28.6. The Kier molecular flexibility index (Phi) is 7.03. The van der Waals surface area contributed by atoms with Crippen molar-refractivity contribution >= 4 is 70.5 Å². The fourth-order valence-electron chi connectivity index (χ4n) is 5.86. The van der Waals surface area contributed by atoms with Crippen molar-refractivity contribution in [3.63, 3.8) is 0 Å². The lowest BCUT2D eigenvalue weighted by molar-refractivity contribution is -0.161. The first-order valence-electron chi connectivity index (χ1n) is 13.1. The number of thioether (sulfide) groups is 1. The van der Waals surface area contributed by atoms with E-state index in [-0.39, 0.29) is 25.0 Å². The summed E-state index contributed by atoms with van der Waals surface area (Å²) in [6.07, 6.45) is -0.0651. The number of nitrogens with zero attached hydrogens (tertiary/aromatic N) is 3. The molecule has 42 heavy (non-hydrogen) atoms. The summed E-state index contributed by atoms with van der Waals surface area (Å²) in [5.74, 6) is -1.90. The van der Waals surface area contributed by atoms with Gasteiger partial charge in [-0.2, -0.15) is 0 Å². The van der Waals surface area contributed by atoms with E-state index in [9.17, 15) is 29.1 Å². The van der Waals surface area contributed by atoms with Gasteiger partial charge in [0.2, 0.25) is 11.8 Å². The third-order valence-electron chi connectivity index (χ3n) is 7.88. The fourth-order valence-corrected chi connectivity index (χ4v) is 7.79. The van der Waals surface area contributed by atoms with E-state index >= 15 is 0 Å². The van der Waals surface area contributed by atoms with Crippen LogP contribution in [0, 0.1) is 0 Å². The largest absolute Gasteiger partial charge is 0.480 e. The van der Waals surface area contributed by atoms with Gasteiger partial charge in [-0.1, -0.05) is 41.4 Å². The highest BCUT2D eigenvalue weighted by Crippen LogP contribution is 2.50. The van der Waals surface area contributed by atoms with Crippen LogP contribution >= 0.6 is 35.0 Å². The molecule has 2 aromatic carbocycles. The molecule has 4 N–H and O–H groups in total. The molecule has 2 unspecified atom stereocenters. The van der Waals surface area contributed by atoms with Crippen molar-refractivity contribution in [1.82, 2.24) is 25.6 Å². The molecule has 0 radical (unpaired) electrons. The quantitative estimate of drug-likeness (QED) is 0.355. The fraction of sp³-hybridized carbons (Fsp3) is 0.370. The number of fused-ring (bicyclic) bond motifs is 2. The minimum Gasteiger partial charge on any atom is -0.480 e. The zero-order valence-corrected chi connectivity index (χ0v) is 24.7. The number of hydrazine groups is 1. The minimum absolute atomic E-state index is 0.0651. The van der Waals surface area contributed by atoms with Crippen LogP contribution in [-0.4, -0.2) is 84.6 Å². The summed E-state index contributed by atoms with van der Waals surface area (Å²) in [4.78, 5) is 65.4. The summed E-state index contributed by atoms with van der Waals surface area (Å²) in [7, 11) is 0. The number of urea groups is 2. The predicted molar refractivity (Wildman–Crippen MR) is 155 cm³/mol. The van der Waals surface area contributed by atoms with E-state index in [2.05, 4.69) is 16.1 Å². The van der Waals surface area contributed by atoms with Crippen molar-refractivity contribution in [3.05, 3.63) is 63.6 Å². The Morgan fingerprint density at radius 2 is 1.88 bits per heavy atom. The van der Waals surface area contributed by atoms with Crippen molar-refractivity contribution < 1.29 is 29.1 Å². The molecule has 6 rings (SSSR count). The number of rotatable bonds is 6. The van der Waals surface area contributed by atoms with Crippen LogP contribution in [-0.2, 0) is 20.8 Å². The molecule has 2 aromatic rings. The number of amides is 6. The number of β-lactam (4-membered cyclic amide) rings is 1.